The summed E-state index contributed by atoms with van der Waals surface area (Å²) in [6.07, 6.45) is 22.6. The van der Waals surface area contributed by atoms with Crippen molar-refractivity contribution in [2.75, 3.05) is 13.2 Å². The van der Waals surface area contributed by atoms with Crippen LogP contribution >= 0.6 is 0 Å². The number of aliphatic hydroxyl groups excluding tert-OH is 1. The first-order chi connectivity index (χ1) is 11.3. The number of hydrogen-bond donors (Lipinski definition) is 1. The third kappa shape index (κ3) is 18.9. The molecule has 0 aliphatic rings. The molecule has 0 rings (SSSR count). The number of allylic oxidation sites excluding steroid dienone is 4. The summed E-state index contributed by atoms with van der Waals surface area (Å²) >= 11 is 0. The van der Waals surface area contributed by atoms with Crippen LogP contribution in [0.4, 0.5) is 0 Å². The van der Waals surface area contributed by atoms with E-state index in [2.05, 4.69) is 31.2 Å². The van der Waals surface area contributed by atoms with E-state index in [0.29, 0.717) is 6.42 Å². The molecule has 0 saturated heterocycles. The van der Waals surface area contributed by atoms with Gasteiger partial charge in [-0.15, -0.1) is 0 Å². The summed E-state index contributed by atoms with van der Waals surface area (Å²) in [5.74, 6) is -0.190. The van der Waals surface area contributed by atoms with E-state index in [9.17, 15) is 4.79 Å². The van der Waals surface area contributed by atoms with Crippen molar-refractivity contribution in [3.8, 4) is 0 Å². The van der Waals surface area contributed by atoms with Gasteiger partial charge in [-0.1, -0.05) is 63.3 Å². The maximum Gasteiger partial charge on any atom is 0.305 e. The molecule has 0 amide bonds. The van der Waals surface area contributed by atoms with Crippen LogP contribution < -0.4 is 0 Å². The summed E-state index contributed by atoms with van der Waals surface area (Å²) in [4.78, 5) is 11.2. The van der Waals surface area contributed by atoms with Crippen LogP contribution in [0.25, 0.3) is 0 Å². The molecule has 0 aromatic heterocycles. The Labute approximate surface area is 142 Å². The molecular formula is C20H36O3. The monoisotopic (exact) mass is 324 g/mol. The van der Waals surface area contributed by atoms with Crippen LogP contribution in [0.3, 0.4) is 0 Å². The van der Waals surface area contributed by atoms with E-state index in [0.717, 1.165) is 25.7 Å². The number of rotatable bonds is 16. The highest BCUT2D eigenvalue weighted by molar-refractivity contribution is 5.69. The molecule has 0 atom stereocenters. The van der Waals surface area contributed by atoms with Crippen molar-refractivity contribution in [1.29, 1.82) is 0 Å². The van der Waals surface area contributed by atoms with Gasteiger partial charge < -0.3 is 9.84 Å². The van der Waals surface area contributed by atoms with Gasteiger partial charge >= 0.3 is 5.97 Å². The van der Waals surface area contributed by atoms with Gasteiger partial charge in [-0.25, -0.2) is 0 Å². The van der Waals surface area contributed by atoms with Gasteiger partial charge in [0.15, 0.2) is 0 Å². The van der Waals surface area contributed by atoms with Crippen LogP contribution in [-0.4, -0.2) is 24.3 Å². The minimum atomic E-state index is -0.190. The highest BCUT2D eigenvalue weighted by atomic mass is 16.5. The molecule has 0 fully saturated rings. The maximum absolute atomic E-state index is 11.2. The Balaban J connectivity index is 3.23. The second-order valence-electron chi connectivity index (χ2n) is 5.92. The van der Waals surface area contributed by atoms with Crippen LogP contribution in [0, 0.1) is 0 Å². The molecule has 23 heavy (non-hydrogen) atoms. The predicted octanol–water partition coefficient (Wildman–Crippen LogP) is 5.34. The van der Waals surface area contributed by atoms with Crippen LogP contribution in [0.15, 0.2) is 24.3 Å². The molecule has 134 valence electrons. The van der Waals surface area contributed by atoms with Gasteiger partial charge in [0.05, 0.1) is 6.61 Å². The lowest BCUT2D eigenvalue weighted by Crippen LogP contribution is -2.07. The molecule has 0 spiro atoms. The lowest BCUT2D eigenvalue weighted by atomic mass is 10.1. The summed E-state index contributed by atoms with van der Waals surface area (Å²) in [7, 11) is 0. The number of aliphatic hydroxyl groups is 1. The molecule has 0 unspecified atom stereocenters. The van der Waals surface area contributed by atoms with E-state index < -0.39 is 0 Å². The molecule has 0 saturated carbocycles. The highest BCUT2D eigenvalue weighted by Gasteiger charge is 2.01. The van der Waals surface area contributed by atoms with Gasteiger partial charge in [0.1, 0.15) is 6.61 Å². The van der Waals surface area contributed by atoms with Crippen LogP contribution in [0.2, 0.25) is 0 Å². The predicted molar refractivity (Wildman–Crippen MR) is 97.4 cm³/mol. The maximum atomic E-state index is 11.2. The zero-order valence-corrected chi connectivity index (χ0v) is 15.0. The van der Waals surface area contributed by atoms with E-state index in [1.165, 1.54) is 44.9 Å². The lowest BCUT2D eigenvalue weighted by Gasteiger charge is -2.02. The smallest absolute Gasteiger partial charge is 0.305 e. The minimum absolute atomic E-state index is 0.0894. The molecule has 0 aliphatic heterocycles. The second kappa shape index (κ2) is 19.0. The normalized spacial score (nSPS) is 11.6. The van der Waals surface area contributed by atoms with Crippen molar-refractivity contribution < 1.29 is 14.6 Å². The van der Waals surface area contributed by atoms with Crippen molar-refractivity contribution >= 4 is 5.97 Å². The summed E-state index contributed by atoms with van der Waals surface area (Å²) in [6.45, 7) is 2.27. The van der Waals surface area contributed by atoms with Gasteiger partial charge in [-0.2, -0.15) is 0 Å². The van der Waals surface area contributed by atoms with Crippen LogP contribution in [-0.2, 0) is 9.53 Å². The van der Waals surface area contributed by atoms with E-state index in [4.69, 9.17) is 9.84 Å². The molecule has 0 aromatic carbocycles. The van der Waals surface area contributed by atoms with E-state index in [1.807, 2.05) is 0 Å². The summed E-state index contributed by atoms with van der Waals surface area (Å²) in [5, 5.41) is 8.53. The quantitative estimate of drug-likeness (QED) is 0.237. The van der Waals surface area contributed by atoms with Gasteiger partial charge in [-0.3, -0.25) is 4.79 Å². The molecule has 1 N–H and O–H groups in total. The van der Waals surface area contributed by atoms with Gasteiger partial charge in [-0.05, 0) is 38.5 Å². The Morgan fingerprint density at radius 2 is 1.48 bits per heavy atom. The standard InChI is InChI=1S/C20H36O3/c1-2-3-4-5-6-7-8-9-10-11-12-13-14-15-16-17-20(22)23-19-18-21/h6-7,9-10,21H,2-5,8,11-19H2,1H3/b7-6-,10-9-. The Morgan fingerprint density at radius 1 is 0.870 bits per heavy atom. The largest absolute Gasteiger partial charge is 0.463 e. The Kier molecular flexibility index (Phi) is 18.1. The van der Waals surface area contributed by atoms with Crippen molar-refractivity contribution in [3.05, 3.63) is 24.3 Å². The van der Waals surface area contributed by atoms with E-state index >= 15 is 0 Å². The van der Waals surface area contributed by atoms with Gasteiger partial charge in [0.2, 0.25) is 0 Å². The zero-order valence-electron chi connectivity index (χ0n) is 15.0. The minimum Gasteiger partial charge on any atom is -0.463 e. The number of ether oxygens (including phenoxy) is 1. The molecular weight excluding hydrogens is 288 g/mol. The lowest BCUT2D eigenvalue weighted by molar-refractivity contribution is -0.144. The fourth-order valence-corrected chi connectivity index (χ4v) is 2.31. The SMILES string of the molecule is CCCCC/C=C\C/C=C\CCCCCCCC(=O)OCCO. The van der Waals surface area contributed by atoms with Crippen molar-refractivity contribution in [1.82, 2.24) is 0 Å². The summed E-state index contributed by atoms with van der Waals surface area (Å²) in [5.41, 5.74) is 0. The van der Waals surface area contributed by atoms with E-state index in [-0.39, 0.29) is 19.2 Å². The van der Waals surface area contributed by atoms with Crippen LogP contribution in [0.1, 0.15) is 84.0 Å². The fraction of sp³-hybridized carbons (Fsp3) is 0.750. The molecule has 0 heterocycles. The van der Waals surface area contributed by atoms with Crippen molar-refractivity contribution in [3.63, 3.8) is 0 Å². The van der Waals surface area contributed by atoms with Crippen molar-refractivity contribution in [2.24, 2.45) is 0 Å². The first-order valence-electron chi connectivity index (χ1n) is 9.37. The third-order valence-electron chi connectivity index (χ3n) is 3.69. The average Bonchev–Trinajstić information content (AvgIpc) is 2.56. The van der Waals surface area contributed by atoms with Gasteiger partial charge in [0, 0.05) is 6.42 Å². The highest BCUT2D eigenvalue weighted by Crippen LogP contribution is 2.08. The van der Waals surface area contributed by atoms with Crippen LogP contribution in [0.5, 0.6) is 0 Å². The van der Waals surface area contributed by atoms with Gasteiger partial charge in [0.25, 0.3) is 0 Å². The zero-order chi connectivity index (χ0) is 17.0. The Morgan fingerprint density at radius 3 is 2.13 bits per heavy atom. The molecule has 3 heteroatoms. The average molecular weight is 325 g/mol. The number of hydrogen-bond acceptors (Lipinski definition) is 3. The third-order valence-corrected chi connectivity index (χ3v) is 3.69. The topological polar surface area (TPSA) is 46.5 Å². The summed E-state index contributed by atoms with van der Waals surface area (Å²) in [6, 6.07) is 0. The molecule has 0 radical (unpaired) electrons. The first-order valence-corrected chi connectivity index (χ1v) is 9.37. The number of carbonyl (C=O) groups excluding carboxylic acids is 1. The molecule has 0 bridgehead atoms. The fourth-order valence-electron chi connectivity index (χ4n) is 2.31. The molecule has 0 aromatic rings. The Bertz CT molecular complexity index is 308. The van der Waals surface area contributed by atoms with Crippen molar-refractivity contribution in [2.45, 2.75) is 84.0 Å². The Hall–Kier alpha value is -1.09. The second-order valence-corrected chi connectivity index (χ2v) is 5.92. The first kappa shape index (κ1) is 21.9. The van der Waals surface area contributed by atoms with E-state index in [1.54, 1.807) is 0 Å². The number of carbonyl (C=O) groups is 1. The molecule has 3 nitrogen and oxygen atoms in total. The number of unbranched alkanes of at least 4 members (excludes halogenated alkanes) is 8. The number of esters is 1. The molecule has 0 aliphatic carbocycles. The summed E-state index contributed by atoms with van der Waals surface area (Å²) < 4.78 is 4.81.